The monoisotopic (exact) mass is 267 g/mol. The SMILES string of the molecule is COCCOCCNC(=O)c1ccc(B(O)O)cc1. The van der Waals surface area contributed by atoms with E-state index in [2.05, 4.69) is 5.32 Å². The maximum atomic E-state index is 11.7. The Hall–Kier alpha value is -1.41. The number of hydrogen-bond acceptors (Lipinski definition) is 5. The van der Waals surface area contributed by atoms with Crippen LogP contribution in [0.5, 0.6) is 0 Å². The highest BCUT2D eigenvalue weighted by atomic mass is 16.5. The highest BCUT2D eigenvalue weighted by Gasteiger charge is 2.11. The Labute approximate surface area is 112 Å². The molecule has 3 N–H and O–H groups in total. The fourth-order valence-electron chi connectivity index (χ4n) is 1.39. The van der Waals surface area contributed by atoms with E-state index in [1.807, 2.05) is 0 Å². The molecule has 104 valence electrons. The van der Waals surface area contributed by atoms with Gasteiger partial charge in [-0.2, -0.15) is 0 Å². The minimum absolute atomic E-state index is 0.227. The van der Waals surface area contributed by atoms with E-state index in [0.29, 0.717) is 37.4 Å². The lowest BCUT2D eigenvalue weighted by atomic mass is 9.80. The summed E-state index contributed by atoms with van der Waals surface area (Å²) in [5, 5.41) is 20.5. The molecule has 0 aliphatic rings. The van der Waals surface area contributed by atoms with Gasteiger partial charge in [0.2, 0.25) is 0 Å². The lowest BCUT2D eigenvalue weighted by Crippen LogP contribution is -2.31. The lowest BCUT2D eigenvalue weighted by molar-refractivity contribution is 0.0692. The molecule has 0 saturated heterocycles. The summed E-state index contributed by atoms with van der Waals surface area (Å²) in [6.07, 6.45) is 0. The van der Waals surface area contributed by atoms with Crippen LogP contribution in [0.4, 0.5) is 0 Å². The molecule has 7 heteroatoms. The normalized spacial score (nSPS) is 10.3. The molecule has 0 atom stereocenters. The number of benzene rings is 1. The van der Waals surface area contributed by atoms with Gasteiger partial charge in [-0.3, -0.25) is 4.79 Å². The number of rotatable bonds is 8. The van der Waals surface area contributed by atoms with Gasteiger partial charge in [0.05, 0.1) is 19.8 Å². The summed E-state index contributed by atoms with van der Waals surface area (Å²) in [6, 6.07) is 6.06. The van der Waals surface area contributed by atoms with Crippen LogP contribution in [0.1, 0.15) is 10.4 Å². The largest absolute Gasteiger partial charge is 0.488 e. The summed E-state index contributed by atoms with van der Waals surface area (Å²) in [4.78, 5) is 11.7. The molecule has 0 aromatic heterocycles. The molecule has 19 heavy (non-hydrogen) atoms. The minimum atomic E-state index is -1.52. The van der Waals surface area contributed by atoms with Crippen molar-refractivity contribution in [1.82, 2.24) is 5.32 Å². The van der Waals surface area contributed by atoms with Crippen molar-refractivity contribution in [2.24, 2.45) is 0 Å². The predicted molar refractivity (Wildman–Crippen MR) is 71.3 cm³/mol. The van der Waals surface area contributed by atoms with Crippen LogP contribution < -0.4 is 10.8 Å². The van der Waals surface area contributed by atoms with E-state index >= 15 is 0 Å². The quantitative estimate of drug-likeness (QED) is 0.405. The summed E-state index contributed by atoms with van der Waals surface area (Å²) < 4.78 is 10.0. The molecule has 1 aromatic rings. The molecule has 0 bridgehead atoms. The molecule has 1 rings (SSSR count). The molecule has 0 aliphatic carbocycles. The average molecular weight is 267 g/mol. The Morgan fingerprint density at radius 1 is 1.21 bits per heavy atom. The lowest BCUT2D eigenvalue weighted by Gasteiger charge is -2.07. The van der Waals surface area contributed by atoms with Gasteiger partial charge >= 0.3 is 7.12 Å². The molecule has 0 aliphatic heterocycles. The van der Waals surface area contributed by atoms with Crippen LogP contribution in [0.2, 0.25) is 0 Å². The second kappa shape index (κ2) is 8.65. The van der Waals surface area contributed by atoms with Gasteiger partial charge < -0.3 is 24.8 Å². The van der Waals surface area contributed by atoms with Crippen LogP contribution in [0.3, 0.4) is 0 Å². The molecule has 1 amide bonds. The first-order valence-electron chi connectivity index (χ1n) is 5.96. The summed E-state index contributed by atoms with van der Waals surface area (Å²) in [6.45, 7) is 1.85. The number of ether oxygens (including phenoxy) is 2. The van der Waals surface area contributed by atoms with Crippen molar-refractivity contribution >= 4 is 18.5 Å². The second-order valence-corrected chi connectivity index (χ2v) is 3.86. The van der Waals surface area contributed by atoms with Gasteiger partial charge in [-0.05, 0) is 17.6 Å². The van der Waals surface area contributed by atoms with Gasteiger partial charge in [0.15, 0.2) is 0 Å². The Kier molecular flexibility index (Phi) is 7.13. The van der Waals surface area contributed by atoms with Crippen molar-refractivity contribution in [2.45, 2.75) is 0 Å². The fourth-order valence-corrected chi connectivity index (χ4v) is 1.39. The van der Waals surface area contributed by atoms with Crippen molar-refractivity contribution in [3.63, 3.8) is 0 Å². The summed E-state index contributed by atoms with van der Waals surface area (Å²) in [7, 11) is 0.0734. The van der Waals surface area contributed by atoms with E-state index in [-0.39, 0.29) is 5.91 Å². The zero-order chi connectivity index (χ0) is 14.1. The third-order valence-electron chi connectivity index (χ3n) is 2.43. The minimum Gasteiger partial charge on any atom is -0.423 e. The zero-order valence-corrected chi connectivity index (χ0v) is 10.8. The summed E-state index contributed by atoms with van der Waals surface area (Å²) in [5.41, 5.74) is 0.806. The molecular formula is C12H18BNO5. The number of carbonyl (C=O) groups is 1. The van der Waals surface area contributed by atoms with Crippen LogP contribution in [0.15, 0.2) is 24.3 Å². The summed E-state index contributed by atoms with van der Waals surface area (Å²) in [5.74, 6) is -0.227. The number of methoxy groups -OCH3 is 1. The number of hydrogen-bond donors (Lipinski definition) is 3. The van der Waals surface area contributed by atoms with Crippen LogP contribution >= 0.6 is 0 Å². The first kappa shape index (κ1) is 15.7. The molecule has 0 saturated carbocycles. The highest BCUT2D eigenvalue weighted by Crippen LogP contribution is 1.97. The Bertz CT molecular complexity index is 382. The van der Waals surface area contributed by atoms with Gasteiger partial charge in [-0.1, -0.05) is 12.1 Å². The first-order chi connectivity index (χ1) is 9.15. The average Bonchev–Trinajstić information content (AvgIpc) is 2.42. The third-order valence-corrected chi connectivity index (χ3v) is 2.43. The molecule has 6 nitrogen and oxygen atoms in total. The number of carbonyl (C=O) groups excluding carboxylic acids is 1. The van der Waals surface area contributed by atoms with Crippen LogP contribution in [0.25, 0.3) is 0 Å². The Morgan fingerprint density at radius 2 is 1.89 bits per heavy atom. The van der Waals surface area contributed by atoms with E-state index in [4.69, 9.17) is 19.5 Å². The molecule has 1 aromatic carbocycles. The van der Waals surface area contributed by atoms with Gasteiger partial charge in [0.1, 0.15) is 0 Å². The molecule has 0 spiro atoms. The number of amides is 1. The molecule has 0 unspecified atom stereocenters. The maximum absolute atomic E-state index is 11.7. The smallest absolute Gasteiger partial charge is 0.423 e. The number of nitrogens with one attached hydrogen (secondary N) is 1. The first-order valence-corrected chi connectivity index (χ1v) is 5.96. The molecule has 0 radical (unpaired) electrons. The van der Waals surface area contributed by atoms with Crippen molar-refractivity contribution in [1.29, 1.82) is 0 Å². The van der Waals surface area contributed by atoms with Gasteiger partial charge in [-0.15, -0.1) is 0 Å². The van der Waals surface area contributed by atoms with E-state index in [1.54, 1.807) is 7.11 Å². The zero-order valence-electron chi connectivity index (χ0n) is 10.8. The molecular weight excluding hydrogens is 249 g/mol. The van der Waals surface area contributed by atoms with E-state index < -0.39 is 7.12 Å². The topological polar surface area (TPSA) is 88.0 Å². The second-order valence-electron chi connectivity index (χ2n) is 3.86. The van der Waals surface area contributed by atoms with E-state index in [1.165, 1.54) is 24.3 Å². The van der Waals surface area contributed by atoms with Gasteiger partial charge in [0, 0.05) is 19.2 Å². The van der Waals surface area contributed by atoms with Crippen molar-refractivity contribution < 1.29 is 24.3 Å². The molecule has 0 fully saturated rings. The van der Waals surface area contributed by atoms with E-state index in [9.17, 15) is 4.79 Å². The maximum Gasteiger partial charge on any atom is 0.488 e. The van der Waals surface area contributed by atoms with Crippen LogP contribution in [-0.4, -0.2) is 56.5 Å². The van der Waals surface area contributed by atoms with Crippen molar-refractivity contribution in [3.05, 3.63) is 29.8 Å². The van der Waals surface area contributed by atoms with Crippen molar-refractivity contribution in [3.8, 4) is 0 Å². The third kappa shape index (κ3) is 5.84. The summed E-state index contributed by atoms with van der Waals surface area (Å²) >= 11 is 0. The highest BCUT2D eigenvalue weighted by molar-refractivity contribution is 6.58. The van der Waals surface area contributed by atoms with Crippen LogP contribution in [-0.2, 0) is 9.47 Å². The fraction of sp³-hybridized carbons (Fsp3) is 0.417. The van der Waals surface area contributed by atoms with E-state index in [0.717, 1.165) is 0 Å². The van der Waals surface area contributed by atoms with Gasteiger partial charge in [0.25, 0.3) is 5.91 Å². The Morgan fingerprint density at radius 3 is 2.47 bits per heavy atom. The van der Waals surface area contributed by atoms with Gasteiger partial charge in [-0.25, -0.2) is 0 Å². The van der Waals surface area contributed by atoms with Crippen LogP contribution in [0, 0.1) is 0 Å². The predicted octanol–water partition coefficient (Wildman–Crippen LogP) is -1.24. The van der Waals surface area contributed by atoms with Crippen molar-refractivity contribution in [2.75, 3.05) is 33.5 Å². The standard InChI is InChI=1S/C12H18BNO5/c1-18-8-9-19-7-6-14-12(15)10-2-4-11(5-3-10)13(16)17/h2-5,16-17H,6-9H2,1H3,(H,14,15). The Balaban J connectivity index is 2.29. The molecule has 0 heterocycles.